The Kier molecular flexibility index (Phi) is 5.52. The van der Waals surface area contributed by atoms with Gasteiger partial charge in [-0.25, -0.2) is 4.98 Å². The summed E-state index contributed by atoms with van der Waals surface area (Å²) in [6, 6.07) is 6.56. The van der Waals surface area contributed by atoms with E-state index in [1.807, 2.05) is 18.2 Å². The summed E-state index contributed by atoms with van der Waals surface area (Å²) in [5, 5.41) is 3.98. The molecule has 4 nitrogen and oxygen atoms in total. The second-order valence-corrected chi connectivity index (χ2v) is 7.95. The largest absolute Gasteiger partial charge is 0.325 e. The van der Waals surface area contributed by atoms with Crippen molar-refractivity contribution in [3.8, 4) is 0 Å². The average molecular weight is 358 g/mol. The van der Waals surface area contributed by atoms with Crippen molar-refractivity contribution < 1.29 is 4.79 Å². The van der Waals surface area contributed by atoms with E-state index in [0.717, 1.165) is 16.5 Å². The summed E-state index contributed by atoms with van der Waals surface area (Å²) in [5.41, 5.74) is 5.60. The molecular weight excluding hydrogens is 330 g/mol. The van der Waals surface area contributed by atoms with Crippen LogP contribution in [0.5, 0.6) is 0 Å². The fraction of sp³-hybridized carbons (Fsp3) is 0.500. The van der Waals surface area contributed by atoms with Gasteiger partial charge in [0, 0.05) is 17.4 Å². The molecule has 3 rings (SSSR count). The van der Waals surface area contributed by atoms with Crippen LogP contribution >= 0.6 is 11.8 Å². The molecule has 1 aromatic carbocycles. The minimum absolute atomic E-state index is 0.0181. The van der Waals surface area contributed by atoms with Crippen molar-refractivity contribution in [3.63, 3.8) is 0 Å². The van der Waals surface area contributed by atoms with Crippen LogP contribution in [-0.4, -0.2) is 21.2 Å². The molecule has 1 aliphatic carbocycles. The highest BCUT2D eigenvalue weighted by atomic mass is 32.2. The molecule has 1 amide bonds. The van der Waals surface area contributed by atoms with Gasteiger partial charge in [-0.2, -0.15) is 0 Å². The maximum Gasteiger partial charge on any atom is 0.234 e. The van der Waals surface area contributed by atoms with Gasteiger partial charge in [-0.3, -0.25) is 4.79 Å². The molecule has 1 N–H and O–H groups in total. The number of aromatic nitrogens is 2. The van der Waals surface area contributed by atoms with E-state index in [1.165, 1.54) is 42.5 Å². The van der Waals surface area contributed by atoms with Gasteiger partial charge in [0.05, 0.1) is 11.4 Å². The maximum atomic E-state index is 12.3. The molecule has 0 radical (unpaired) electrons. The zero-order chi connectivity index (χ0) is 18.0. The third kappa shape index (κ3) is 4.09. The van der Waals surface area contributed by atoms with Gasteiger partial charge >= 0.3 is 0 Å². The van der Waals surface area contributed by atoms with Gasteiger partial charge in [0.2, 0.25) is 5.91 Å². The highest BCUT2D eigenvalue weighted by molar-refractivity contribution is 7.99. The Bertz CT molecular complexity index is 775. The zero-order valence-electron chi connectivity index (χ0n) is 15.6. The minimum Gasteiger partial charge on any atom is -0.325 e. The Morgan fingerprint density at radius 2 is 1.92 bits per heavy atom. The molecule has 0 spiro atoms. The van der Waals surface area contributed by atoms with E-state index in [1.54, 1.807) is 11.8 Å². The first kappa shape index (κ1) is 18.1. The summed E-state index contributed by atoms with van der Waals surface area (Å²) in [5.74, 6) is 0.403. The molecule has 0 atom stereocenters. The predicted molar refractivity (Wildman–Crippen MR) is 104 cm³/mol. The normalized spacial score (nSPS) is 14.9. The first-order valence-corrected chi connectivity index (χ1v) is 9.99. The molecule has 0 aliphatic heterocycles. The molecule has 0 saturated heterocycles. The van der Waals surface area contributed by atoms with E-state index >= 15 is 0 Å². The van der Waals surface area contributed by atoms with Crippen molar-refractivity contribution in [2.75, 3.05) is 11.1 Å². The number of imidazole rings is 1. The summed E-state index contributed by atoms with van der Waals surface area (Å²) < 4.78 is 2.36. The van der Waals surface area contributed by atoms with Crippen LogP contribution in [0.15, 0.2) is 23.4 Å². The molecule has 1 fully saturated rings. The molecule has 5 heteroatoms. The summed E-state index contributed by atoms with van der Waals surface area (Å²) in [6.07, 6.45) is 5.02. The first-order chi connectivity index (χ1) is 12.0. The number of carbonyl (C=O) groups excluding carboxylic acids is 1. The molecule has 0 unspecified atom stereocenters. The number of nitrogens with zero attached hydrogens (tertiary/aromatic N) is 2. The van der Waals surface area contributed by atoms with Crippen LogP contribution < -0.4 is 5.32 Å². The summed E-state index contributed by atoms with van der Waals surface area (Å²) in [4.78, 5) is 17.0. The molecule has 134 valence electrons. The molecule has 1 aliphatic rings. The maximum absolute atomic E-state index is 12.3. The third-order valence-corrected chi connectivity index (χ3v) is 6.12. The van der Waals surface area contributed by atoms with E-state index in [-0.39, 0.29) is 5.91 Å². The van der Waals surface area contributed by atoms with Crippen molar-refractivity contribution in [1.82, 2.24) is 9.55 Å². The SMILES string of the molecule is Cc1ccc(NC(=O)CSc2nc(C)c(C)n2C2CCCC2)cc1C. The van der Waals surface area contributed by atoms with Gasteiger partial charge in [-0.05, 0) is 63.8 Å². The molecule has 25 heavy (non-hydrogen) atoms. The van der Waals surface area contributed by atoms with Gasteiger partial charge in [-0.1, -0.05) is 30.7 Å². The van der Waals surface area contributed by atoms with Crippen LogP contribution in [0.3, 0.4) is 0 Å². The number of thioether (sulfide) groups is 1. The second kappa shape index (κ2) is 7.65. The molecule has 0 bridgehead atoms. The van der Waals surface area contributed by atoms with Crippen molar-refractivity contribution in [2.45, 2.75) is 64.6 Å². The number of anilines is 1. The number of benzene rings is 1. The van der Waals surface area contributed by atoms with Crippen LogP contribution in [0.1, 0.15) is 54.2 Å². The monoisotopic (exact) mass is 357 g/mol. The minimum atomic E-state index is 0.0181. The van der Waals surface area contributed by atoms with E-state index in [0.29, 0.717) is 11.8 Å². The lowest BCUT2D eigenvalue weighted by molar-refractivity contribution is -0.113. The van der Waals surface area contributed by atoms with E-state index in [4.69, 9.17) is 4.98 Å². The number of nitrogens with one attached hydrogen (secondary N) is 1. The van der Waals surface area contributed by atoms with Crippen molar-refractivity contribution >= 4 is 23.4 Å². The van der Waals surface area contributed by atoms with Crippen molar-refractivity contribution in [1.29, 1.82) is 0 Å². The van der Waals surface area contributed by atoms with Crippen LogP contribution in [0, 0.1) is 27.7 Å². The Morgan fingerprint density at radius 3 is 2.60 bits per heavy atom. The number of hydrogen-bond donors (Lipinski definition) is 1. The summed E-state index contributed by atoms with van der Waals surface area (Å²) >= 11 is 1.54. The fourth-order valence-electron chi connectivity index (χ4n) is 3.44. The van der Waals surface area contributed by atoms with Gasteiger partial charge in [0.15, 0.2) is 5.16 Å². The number of aryl methyl sites for hydroxylation is 3. The fourth-order valence-corrected chi connectivity index (χ4v) is 4.40. The second-order valence-electron chi connectivity index (χ2n) is 7.01. The summed E-state index contributed by atoms with van der Waals surface area (Å²) in [6.45, 7) is 8.33. The smallest absolute Gasteiger partial charge is 0.234 e. The zero-order valence-corrected chi connectivity index (χ0v) is 16.4. The van der Waals surface area contributed by atoms with Crippen molar-refractivity contribution in [3.05, 3.63) is 40.7 Å². The molecule has 1 saturated carbocycles. The first-order valence-electron chi connectivity index (χ1n) is 9.01. The van der Waals surface area contributed by atoms with E-state index < -0.39 is 0 Å². The molecule has 1 aromatic heterocycles. The number of carbonyl (C=O) groups is 1. The quantitative estimate of drug-likeness (QED) is 0.769. The highest BCUT2D eigenvalue weighted by Crippen LogP contribution is 2.35. The third-order valence-electron chi connectivity index (χ3n) is 5.17. The average Bonchev–Trinajstić information content (AvgIpc) is 3.18. The lowest BCUT2D eigenvalue weighted by atomic mass is 10.1. The van der Waals surface area contributed by atoms with Gasteiger partial charge in [-0.15, -0.1) is 0 Å². The highest BCUT2D eigenvalue weighted by Gasteiger charge is 2.23. The number of amides is 1. The lowest BCUT2D eigenvalue weighted by Gasteiger charge is -2.17. The number of rotatable bonds is 5. The molecule has 2 aromatic rings. The number of hydrogen-bond acceptors (Lipinski definition) is 3. The van der Waals surface area contributed by atoms with Gasteiger partial charge < -0.3 is 9.88 Å². The van der Waals surface area contributed by atoms with E-state index in [9.17, 15) is 4.79 Å². The Hall–Kier alpha value is -1.75. The van der Waals surface area contributed by atoms with Crippen LogP contribution in [0.4, 0.5) is 5.69 Å². The topological polar surface area (TPSA) is 46.9 Å². The summed E-state index contributed by atoms with van der Waals surface area (Å²) in [7, 11) is 0. The van der Waals surface area contributed by atoms with Crippen LogP contribution in [0.2, 0.25) is 0 Å². The predicted octanol–water partition coefficient (Wildman–Crippen LogP) is 4.96. The standard InChI is InChI=1S/C20H27N3OS/c1-13-9-10-17(11-14(13)2)22-19(24)12-25-20-21-15(3)16(4)23(20)18-7-5-6-8-18/h9-11,18H,5-8,12H2,1-4H3,(H,22,24). The van der Waals surface area contributed by atoms with E-state index in [2.05, 4.69) is 37.6 Å². The Morgan fingerprint density at radius 1 is 1.20 bits per heavy atom. The lowest BCUT2D eigenvalue weighted by Crippen LogP contribution is -2.15. The molecular formula is C20H27N3OS. The Labute approximate surface area is 154 Å². The van der Waals surface area contributed by atoms with Crippen molar-refractivity contribution in [2.24, 2.45) is 0 Å². The Balaban J connectivity index is 1.65. The molecule has 1 heterocycles. The van der Waals surface area contributed by atoms with Gasteiger partial charge in [0.25, 0.3) is 0 Å². The van der Waals surface area contributed by atoms with Crippen LogP contribution in [-0.2, 0) is 4.79 Å². The van der Waals surface area contributed by atoms with Crippen LogP contribution in [0.25, 0.3) is 0 Å². The van der Waals surface area contributed by atoms with Gasteiger partial charge in [0.1, 0.15) is 0 Å².